The summed E-state index contributed by atoms with van der Waals surface area (Å²) in [6.45, 7) is 3.66. The van der Waals surface area contributed by atoms with Crippen molar-refractivity contribution in [2.75, 3.05) is 0 Å². The van der Waals surface area contributed by atoms with Crippen LogP contribution in [0.2, 0.25) is 0 Å². The minimum absolute atomic E-state index is 0. The van der Waals surface area contributed by atoms with Crippen molar-refractivity contribution in [2.24, 2.45) is 0 Å². The number of aromatic nitrogens is 2. The molecule has 230 valence electrons. The predicted molar refractivity (Wildman–Crippen MR) is 192 cm³/mol. The number of nitrogens with one attached hydrogen (secondary N) is 2. The zero-order valence-electron chi connectivity index (χ0n) is 24.8. The van der Waals surface area contributed by atoms with Gasteiger partial charge in [0.15, 0.2) is 0 Å². The van der Waals surface area contributed by atoms with Gasteiger partial charge >= 0.3 is 0 Å². The van der Waals surface area contributed by atoms with Crippen molar-refractivity contribution in [1.29, 1.82) is 5.53 Å². The Balaban J connectivity index is -0.000000130. The largest absolute Gasteiger partial charge is 0.412 e. The fraction of sp³-hybridized carbons (Fsp3) is 0.0789. The van der Waals surface area contributed by atoms with Gasteiger partial charge in [-0.05, 0) is 148 Å². The molecule has 3 aromatic rings. The number of carbonyl (C=O) groups is 1. The number of pyridine rings is 2. The number of hydrogen-bond acceptors (Lipinski definition) is 4. The van der Waals surface area contributed by atoms with Gasteiger partial charge in [-0.2, -0.15) is 0 Å². The lowest BCUT2D eigenvalue weighted by atomic mass is 10.1. The van der Waals surface area contributed by atoms with Gasteiger partial charge in [0.1, 0.15) is 0 Å². The standard InChI is InChI=1S/C19H17N3O.C19H4.HN3.H2O.6H2/c1-14(15-5-3-2-4-6-15)22-19(23)18-11-17(12-21-13-18)16-7-9-20-10-8-16;1-3-5-7-9-11-13-15-17-19-18-16-14-12-10-8-6-4-2;1-3-2;;;;;;;/h2-14H,1H3,(H,22,23);1H,2H3;1H;1H2;6*1H/t14-;;;;;;;;;/m1........./s1. The molecule has 0 spiro atoms. The molecule has 1 aromatic carbocycles. The van der Waals surface area contributed by atoms with E-state index in [9.17, 15) is 4.79 Å². The number of terminal acetylenes is 1. The lowest BCUT2D eigenvalue weighted by molar-refractivity contribution is 0.0939. The Hall–Kier alpha value is -7.70. The van der Waals surface area contributed by atoms with Crippen LogP contribution in [0.4, 0.5) is 0 Å². The summed E-state index contributed by atoms with van der Waals surface area (Å²) < 4.78 is 0. The SMILES string of the molecule is C#CC#CC#CC#CC#CC#CC#CC#CC#CC.C[C@@H](NC(=O)c1cncc(-c2ccncc2)c1)c1ccccc1.O.[HH].[HH].[HH].[HH].[HH].[HH].[N-]=[N+]=N. The van der Waals surface area contributed by atoms with Gasteiger partial charge < -0.3 is 10.8 Å². The number of rotatable bonds is 4. The van der Waals surface area contributed by atoms with Gasteiger partial charge in [-0.25, -0.2) is 0 Å². The second kappa shape index (κ2) is 26.2. The third-order valence-corrected chi connectivity index (χ3v) is 4.73. The van der Waals surface area contributed by atoms with Crippen molar-refractivity contribution in [3.63, 3.8) is 0 Å². The molecule has 8 nitrogen and oxygen atoms in total. The maximum Gasteiger partial charge on any atom is 0.253 e. The lowest BCUT2D eigenvalue weighted by Crippen LogP contribution is -2.26. The number of nitrogens with zero attached hydrogens (tertiary/aromatic N) is 4. The highest BCUT2D eigenvalue weighted by Crippen LogP contribution is 2.19. The Morgan fingerprint density at radius 2 is 1.28 bits per heavy atom. The summed E-state index contributed by atoms with van der Waals surface area (Å²) in [5.74, 6) is 41.8. The van der Waals surface area contributed by atoms with Crippen molar-refractivity contribution in [1.82, 2.24) is 15.3 Å². The van der Waals surface area contributed by atoms with E-state index in [0.29, 0.717) is 5.56 Å². The molecule has 0 radical (unpaired) electrons. The molecule has 8 heteroatoms. The smallest absolute Gasteiger partial charge is 0.253 e. The van der Waals surface area contributed by atoms with Gasteiger partial charge in [-0.1, -0.05) is 36.3 Å². The van der Waals surface area contributed by atoms with Crippen molar-refractivity contribution in [3.05, 3.63) is 94.9 Å². The second-order valence-electron chi connectivity index (χ2n) is 7.67. The van der Waals surface area contributed by atoms with Crippen LogP contribution < -0.4 is 5.32 Å². The van der Waals surface area contributed by atoms with Crippen LogP contribution in [0.5, 0.6) is 0 Å². The average molecular weight is 609 g/mol. The molecule has 1 amide bonds. The zero-order chi connectivity index (χ0) is 32.8. The summed E-state index contributed by atoms with van der Waals surface area (Å²) in [5.41, 5.74) is 15.7. The molecule has 3 rings (SSSR count). The topological polar surface area (TPSA) is 147 Å². The Morgan fingerprint density at radius 1 is 0.804 bits per heavy atom. The number of carbonyl (C=O) groups excluding carboxylic acids is 1. The third-order valence-electron chi connectivity index (χ3n) is 4.73. The molecule has 0 aliphatic heterocycles. The predicted octanol–water partition coefficient (Wildman–Crippen LogP) is 5.83. The normalized spacial score (nSPS) is 7.59. The van der Waals surface area contributed by atoms with Crippen LogP contribution in [0.3, 0.4) is 0 Å². The van der Waals surface area contributed by atoms with Crippen LogP contribution in [-0.2, 0) is 0 Å². The van der Waals surface area contributed by atoms with Crippen molar-refractivity contribution < 1.29 is 18.8 Å². The molecule has 0 fully saturated rings. The number of amides is 1. The monoisotopic (exact) mass is 608 g/mol. The minimum atomic E-state index is -0.134. The molecule has 2 aromatic heterocycles. The zero-order valence-corrected chi connectivity index (χ0v) is 24.8. The van der Waals surface area contributed by atoms with Crippen LogP contribution in [0.15, 0.2) is 73.3 Å². The summed E-state index contributed by atoms with van der Waals surface area (Å²) in [6, 6.07) is 15.4. The van der Waals surface area contributed by atoms with Crippen LogP contribution in [0.25, 0.3) is 21.6 Å². The molecule has 0 unspecified atom stereocenters. The van der Waals surface area contributed by atoms with Crippen molar-refractivity contribution >= 4 is 5.91 Å². The van der Waals surface area contributed by atoms with E-state index in [2.05, 4.69) is 116 Å². The summed E-state index contributed by atoms with van der Waals surface area (Å²) >= 11 is 0. The molecule has 4 N–H and O–H groups in total. The van der Waals surface area contributed by atoms with Gasteiger partial charge in [0.25, 0.3) is 5.91 Å². The molecule has 2 heterocycles. The van der Waals surface area contributed by atoms with E-state index >= 15 is 0 Å². The van der Waals surface area contributed by atoms with E-state index in [1.807, 2.05) is 55.5 Å². The molecule has 0 saturated carbocycles. The van der Waals surface area contributed by atoms with Gasteiger partial charge in [-0.15, -0.1) is 12.0 Å². The Kier molecular flexibility index (Phi) is 21.8. The second-order valence-corrected chi connectivity index (χ2v) is 7.67. The first-order valence-electron chi connectivity index (χ1n) is 12.7. The molecular formula is C38H36N6O2. The van der Waals surface area contributed by atoms with Crippen LogP contribution in [0, 0.1) is 113 Å². The highest BCUT2D eigenvalue weighted by atomic mass is 16.1. The Morgan fingerprint density at radius 3 is 1.76 bits per heavy atom. The highest BCUT2D eigenvalue weighted by Gasteiger charge is 2.12. The van der Waals surface area contributed by atoms with E-state index in [4.69, 9.17) is 17.5 Å². The maximum absolute atomic E-state index is 12.4. The van der Waals surface area contributed by atoms with Gasteiger partial charge in [-0.3, -0.25) is 14.8 Å². The van der Waals surface area contributed by atoms with Crippen molar-refractivity contribution in [2.45, 2.75) is 19.9 Å². The van der Waals surface area contributed by atoms with Crippen LogP contribution in [0.1, 0.15) is 44.4 Å². The molecular weight excluding hydrogens is 572 g/mol. The quantitative estimate of drug-likeness (QED) is 0.166. The number of hydrogen-bond donors (Lipinski definition) is 2. The van der Waals surface area contributed by atoms with Crippen LogP contribution in [-0.4, -0.2) is 21.4 Å². The molecule has 0 aliphatic carbocycles. The Labute approximate surface area is 278 Å². The summed E-state index contributed by atoms with van der Waals surface area (Å²) in [6.07, 6.45) is 11.7. The fourth-order valence-electron chi connectivity index (χ4n) is 2.88. The first kappa shape index (κ1) is 38.3. The molecule has 1 atom stereocenters. The van der Waals surface area contributed by atoms with E-state index in [1.54, 1.807) is 36.6 Å². The summed E-state index contributed by atoms with van der Waals surface area (Å²) in [7, 11) is 0. The molecule has 0 aliphatic rings. The summed E-state index contributed by atoms with van der Waals surface area (Å²) in [4.78, 5) is 22.4. The maximum atomic E-state index is 12.4. The number of benzene rings is 1. The Bertz CT molecular complexity index is 2080. The highest BCUT2D eigenvalue weighted by molar-refractivity contribution is 5.95. The van der Waals surface area contributed by atoms with Gasteiger partial charge in [0, 0.05) is 38.9 Å². The van der Waals surface area contributed by atoms with Crippen molar-refractivity contribution in [3.8, 4) is 118 Å². The molecule has 0 bridgehead atoms. The van der Waals surface area contributed by atoms with Gasteiger partial charge in [0.2, 0.25) is 0 Å². The van der Waals surface area contributed by atoms with E-state index in [1.165, 1.54) is 0 Å². The minimum Gasteiger partial charge on any atom is -0.412 e. The fourth-order valence-corrected chi connectivity index (χ4v) is 2.88. The van der Waals surface area contributed by atoms with Gasteiger partial charge in [0.05, 0.1) is 11.6 Å². The van der Waals surface area contributed by atoms with E-state index in [0.717, 1.165) is 16.7 Å². The van der Waals surface area contributed by atoms with Crippen LogP contribution >= 0.6 is 0 Å². The molecule has 0 saturated heterocycles. The first-order valence-corrected chi connectivity index (χ1v) is 12.7. The summed E-state index contributed by atoms with van der Waals surface area (Å²) in [5, 5.41) is 3.00. The van der Waals surface area contributed by atoms with E-state index in [-0.39, 0.29) is 26.0 Å². The average Bonchev–Trinajstić information content (AvgIpc) is 3.08. The third kappa shape index (κ3) is 17.9. The first-order chi connectivity index (χ1) is 22.1. The van der Waals surface area contributed by atoms with E-state index < -0.39 is 0 Å². The molecule has 46 heavy (non-hydrogen) atoms. The lowest BCUT2D eigenvalue weighted by Gasteiger charge is -2.14.